The summed E-state index contributed by atoms with van der Waals surface area (Å²) in [6.07, 6.45) is 3.35. The van der Waals surface area contributed by atoms with Gasteiger partial charge in [-0.15, -0.1) is 0 Å². The van der Waals surface area contributed by atoms with Crippen LogP contribution in [-0.4, -0.2) is 39.0 Å². The van der Waals surface area contributed by atoms with Crippen LogP contribution in [0.15, 0.2) is 36.7 Å². The fourth-order valence-electron chi connectivity index (χ4n) is 3.94. The van der Waals surface area contributed by atoms with Crippen molar-refractivity contribution in [1.82, 2.24) is 15.0 Å². The number of ether oxygens (including phenoxy) is 1. The molecule has 2 N–H and O–H groups in total. The Bertz CT molecular complexity index is 1250. The van der Waals surface area contributed by atoms with Crippen LogP contribution in [-0.2, 0) is 4.79 Å². The van der Waals surface area contributed by atoms with Gasteiger partial charge in [0.05, 0.1) is 30.3 Å². The minimum absolute atomic E-state index is 0.0481. The molecule has 0 saturated heterocycles. The molecule has 0 spiro atoms. The molecule has 1 atom stereocenters. The third-order valence-corrected chi connectivity index (χ3v) is 5.73. The highest BCUT2D eigenvalue weighted by Gasteiger charge is 2.36. The fraction of sp³-hybridized carbons (Fsp3) is 0.360. The SMILES string of the molecule is CCC(C)N1CC(C)(C)Oc2c(F)cc(-c3nc(Nc4ccc(NC(C)=O)cn4)ncc3F)cc21. The number of hydrogen-bond donors (Lipinski definition) is 2. The summed E-state index contributed by atoms with van der Waals surface area (Å²) in [5.74, 6) is -0.835. The summed E-state index contributed by atoms with van der Waals surface area (Å²) in [4.78, 5) is 25.7. The molecule has 0 fully saturated rings. The van der Waals surface area contributed by atoms with Crippen molar-refractivity contribution in [3.05, 3.63) is 48.3 Å². The topological polar surface area (TPSA) is 92.3 Å². The number of carbonyl (C=O) groups excluding carboxylic acids is 1. The van der Waals surface area contributed by atoms with Gasteiger partial charge in [-0.05, 0) is 51.5 Å². The van der Waals surface area contributed by atoms with E-state index in [2.05, 4.69) is 44.3 Å². The molecule has 0 radical (unpaired) electrons. The maximum Gasteiger partial charge on any atom is 0.229 e. The van der Waals surface area contributed by atoms with E-state index in [4.69, 9.17) is 4.74 Å². The van der Waals surface area contributed by atoms with Crippen LogP contribution in [0.1, 0.15) is 41.0 Å². The number of nitrogens with zero attached hydrogens (tertiary/aromatic N) is 4. The summed E-state index contributed by atoms with van der Waals surface area (Å²) < 4.78 is 36.0. The molecule has 1 aliphatic heterocycles. The molecule has 3 heterocycles. The third-order valence-electron chi connectivity index (χ3n) is 5.73. The molecule has 184 valence electrons. The lowest BCUT2D eigenvalue weighted by molar-refractivity contribution is -0.114. The molecule has 8 nitrogen and oxygen atoms in total. The molecule has 1 unspecified atom stereocenters. The Labute approximate surface area is 202 Å². The Morgan fingerprint density at radius 2 is 1.97 bits per heavy atom. The first-order valence-electron chi connectivity index (χ1n) is 11.4. The van der Waals surface area contributed by atoms with Crippen molar-refractivity contribution in [2.24, 2.45) is 0 Å². The van der Waals surface area contributed by atoms with E-state index in [1.807, 2.05) is 13.8 Å². The van der Waals surface area contributed by atoms with Crippen LogP contribution in [0.4, 0.5) is 31.9 Å². The van der Waals surface area contributed by atoms with E-state index >= 15 is 4.39 Å². The highest BCUT2D eigenvalue weighted by molar-refractivity contribution is 5.88. The average molecular weight is 483 g/mol. The normalized spacial score (nSPS) is 15.1. The molecule has 0 aliphatic carbocycles. The Morgan fingerprint density at radius 3 is 2.63 bits per heavy atom. The van der Waals surface area contributed by atoms with Crippen molar-refractivity contribution >= 4 is 29.0 Å². The summed E-state index contributed by atoms with van der Waals surface area (Å²) in [5, 5.41) is 5.53. The number of aromatic nitrogens is 3. The number of anilines is 4. The third kappa shape index (κ3) is 5.31. The maximum absolute atomic E-state index is 15.2. The number of pyridine rings is 1. The number of hydrogen-bond acceptors (Lipinski definition) is 7. The second-order valence-electron chi connectivity index (χ2n) is 9.18. The van der Waals surface area contributed by atoms with Gasteiger partial charge >= 0.3 is 0 Å². The minimum atomic E-state index is -0.684. The molecule has 1 aromatic carbocycles. The zero-order valence-electron chi connectivity index (χ0n) is 20.3. The maximum atomic E-state index is 15.2. The molecule has 0 saturated carbocycles. The molecule has 35 heavy (non-hydrogen) atoms. The van der Waals surface area contributed by atoms with Gasteiger partial charge in [0.25, 0.3) is 0 Å². The zero-order chi connectivity index (χ0) is 25.3. The number of amides is 1. The van der Waals surface area contributed by atoms with Crippen LogP contribution in [0.25, 0.3) is 11.3 Å². The van der Waals surface area contributed by atoms with Crippen molar-refractivity contribution in [2.75, 3.05) is 22.1 Å². The molecule has 3 aromatic rings. The number of fused-ring (bicyclic) bond motifs is 1. The lowest BCUT2D eigenvalue weighted by Crippen LogP contribution is -2.50. The number of rotatable bonds is 6. The monoisotopic (exact) mass is 482 g/mol. The molecule has 2 aromatic heterocycles. The van der Waals surface area contributed by atoms with Crippen LogP contribution in [0.2, 0.25) is 0 Å². The average Bonchev–Trinajstić information content (AvgIpc) is 2.80. The van der Waals surface area contributed by atoms with Gasteiger partial charge in [-0.1, -0.05) is 6.92 Å². The van der Waals surface area contributed by atoms with E-state index in [-0.39, 0.29) is 34.9 Å². The molecule has 4 rings (SSSR count). The Hall–Kier alpha value is -3.82. The van der Waals surface area contributed by atoms with Gasteiger partial charge in [0, 0.05) is 18.5 Å². The molecular formula is C25H28F2N6O2. The number of carbonyl (C=O) groups is 1. The van der Waals surface area contributed by atoms with Gasteiger partial charge in [-0.25, -0.2) is 23.7 Å². The Kier molecular flexibility index (Phi) is 6.56. The smallest absolute Gasteiger partial charge is 0.229 e. The predicted octanol–water partition coefficient (Wildman–Crippen LogP) is 5.29. The van der Waals surface area contributed by atoms with Crippen LogP contribution in [0.5, 0.6) is 5.75 Å². The minimum Gasteiger partial charge on any atom is -0.481 e. The molecule has 0 bridgehead atoms. The number of nitrogens with one attached hydrogen (secondary N) is 2. The van der Waals surface area contributed by atoms with Crippen LogP contribution in [0, 0.1) is 11.6 Å². The van der Waals surface area contributed by atoms with E-state index in [1.165, 1.54) is 19.2 Å². The van der Waals surface area contributed by atoms with Gasteiger partial charge in [-0.2, -0.15) is 0 Å². The summed E-state index contributed by atoms with van der Waals surface area (Å²) in [5.41, 5.74) is 0.752. The van der Waals surface area contributed by atoms with Crippen molar-refractivity contribution in [3.63, 3.8) is 0 Å². The first-order valence-corrected chi connectivity index (χ1v) is 11.4. The summed E-state index contributed by atoms with van der Waals surface area (Å²) in [6.45, 7) is 9.92. The van der Waals surface area contributed by atoms with Crippen LogP contribution < -0.4 is 20.3 Å². The lowest BCUT2D eigenvalue weighted by Gasteiger charge is -2.44. The first-order chi connectivity index (χ1) is 16.6. The predicted molar refractivity (Wildman–Crippen MR) is 131 cm³/mol. The van der Waals surface area contributed by atoms with Gasteiger partial charge in [0.1, 0.15) is 17.1 Å². The quantitative estimate of drug-likeness (QED) is 0.493. The van der Waals surface area contributed by atoms with Crippen molar-refractivity contribution in [2.45, 2.75) is 52.7 Å². The van der Waals surface area contributed by atoms with Gasteiger partial charge in [0.15, 0.2) is 17.4 Å². The molecule has 1 amide bonds. The van der Waals surface area contributed by atoms with Crippen LogP contribution >= 0.6 is 0 Å². The summed E-state index contributed by atoms with van der Waals surface area (Å²) >= 11 is 0. The first kappa shape index (κ1) is 24.3. The van der Waals surface area contributed by atoms with E-state index < -0.39 is 17.2 Å². The highest BCUT2D eigenvalue weighted by Crippen LogP contribution is 2.43. The van der Waals surface area contributed by atoms with E-state index in [0.717, 1.165) is 12.6 Å². The van der Waals surface area contributed by atoms with Crippen molar-refractivity contribution < 1.29 is 18.3 Å². The molecule has 1 aliphatic rings. The van der Waals surface area contributed by atoms with Gasteiger partial charge in [0.2, 0.25) is 11.9 Å². The Morgan fingerprint density at radius 1 is 1.20 bits per heavy atom. The Balaban J connectivity index is 1.68. The number of benzene rings is 1. The standard InChI is InChI=1S/C25H28F2N6O2/c1-6-14(2)33-13-25(4,5)35-23-18(26)9-16(10-20(23)33)22-19(27)12-29-24(32-22)31-21-8-7-17(11-28-21)30-15(3)34/h7-12,14H,6,13H2,1-5H3,(H,30,34)(H,28,29,31,32). The molecular weight excluding hydrogens is 454 g/mol. The number of halogens is 2. The van der Waals surface area contributed by atoms with Gasteiger partial charge < -0.3 is 20.3 Å². The second kappa shape index (κ2) is 9.44. The summed E-state index contributed by atoms with van der Waals surface area (Å²) in [7, 11) is 0. The van der Waals surface area contributed by atoms with Crippen LogP contribution in [0.3, 0.4) is 0 Å². The lowest BCUT2D eigenvalue weighted by atomic mass is 10.00. The largest absolute Gasteiger partial charge is 0.481 e. The zero-order valence-corrected chi connectivity index (χ0v) is 20.3. The highest BCUT2D eigenvalue weighted by atomic mass is 19.1. The van der Waals surface area contributed by atoms with E-state index in [1.54, 1.807) is 18.2 Å². The fourth-order valence-corrected chi connectivity index (χ4v) is 3.94. The van der Waals surface area contributed by atoms with E-state index in [0.29, 0.717) is 23.7 Å². The second-order valence-corrected chi connectivity index (χ2v) is 9.18. The van der Waals surface area contributed by atoms with Crippen molar-refractivity contribution in [3.8, 4) is 17.0 Å². The van der Waals surface area contributed by atoms with Gasteiger partial charge in [-0.3, -0.25) is 4.79 Å². The molecule has 10 heteroatoms. The summed E-state index contributed by atoms with van der Waals surface area (Å²) in [6, 6.07) is 6.34. The van der Waals surface area contributed by atoms with Crippen molar-refractivity contribution in [1.29, 1.82) is 0 Å². The van der Waals surface area contributed by atoms with E-state index in [9.17, 15) is 9.18 Å².